The van der Waals surface area contributed by atoms with Crippen molar-refractivity contribution in [1.29, 1.82) is 0 Å². The van der Waals surface area contributed by atoms with E-state index in [1.807, 2.05) is 0 Å². The van der Waals surface area contributed by atoms with Crippen molar-refractivity contribution < 1.29 is 37.8 Å². The zero-order valence-corrected chi connectivity index (χ0v) is 11.6. The summed E-state index contributed by atoms with van der Waals surface area (Å²) in [5.41, 5.74) is 0. The summed E-state index contributed by atoms with van der Waals surface area (Å²) in [5.74, 6) is 0. The highest BCUT2D eigenvalue weighted by Gasteiger charge is 2.43. The molecule has 1 heterocycles. The van der Waals surface area contributed by atoms with E-state index < -0.39 is 47.4 Å². The summed E-state index contributed by atoms with van der Waals surface area (Å²) in [6.07, 6.45) is -7.97. The van der Waals surface area contributed by atoms with Crippen molar-refractivity contribution in [3.63, 3.8) is 0 Å². The molecule has 0 bridgehead atoms. The quantitative estimate of drug-likeness (QED) is 0.477. The van der Waals surface area contributed by atoms with Crippen LogP contribution in [0.5, 0.6) is 0 Å². The fourth-order valence-electron chi connectivity index (χ4n) is 1.88. The zero-order valence-electron chi connectivity index (χ0n) is 10.8. The van der Waals surface area contributed by atoms with Gasteiger partial charge in [-0.05, 0) is 12.1 Å². The fraction of sp³-hybridized carbons (Fsp3) is 0.500. The smallest absolute Gasteiger partial charge is 0.297 e. The topological polar surface area (TPSA) is 134 Å². The average molecular weight is 320 g/mol. The van der Waals surface area contributed by atoms with Crippen LogP contribution in [0.2, 0.25) is 0 Å². The molecule has 118 valence electrons. The van der Waals surface area contributed by atoms with E-state index >= 15 is 0 Å². The minimum absolute atomic E-state index is 0.0727. The molecule has 0 amide bonds. The highest BCUT2D eigenvalue weighted by molar-refractivity contribution is 7.86. The van der Waals surface area contributed by atoms with Gasteiger partial charge in [0.15, 0.2) is 6.29 Å². The van der Waals surface area contributed by atoms with Gasteiger partial charge in [0.25, 0.3) is 10.1 Å². The molecule has 0 spiro atoms. The molecule has 0 saturated carbocycles. The summed E-state index contributed by atoms with van der Waals surface area (Å²) in [4.78, 5) is -0.0727. The van der Waals surface area contributed by atoms with E-state index in [0.717, 1.165) is 0 Å². The number of ether oxygens (including phenoxy) is 1. The Morgan fingerprint density at radius 2 is 1.62 bits per heavy atom. The van der Waals surface area contributed by atoms with Gasteiger partial charge in [0.1, 0.15) is 24.4 Å². The molecule has 5 atom stereocenters. The van der Waals surface area contributed by atoms with Gasteiger partial charge < -0.3 is 25.2 Å². The molecule has 8 nitrogen and oxygen atoms in total. The number of hydrogen-bond donors (Lipinski definition) is 4. The number of aliphatic hydroxyl groups excluding tert-OH is 4. The van der Waals surface area contributed by atoms with E-state index in [1.165, 1.54) is 24.3 Å². The first-order chi connectivity index (χ1) is 9.83. The Morgan fingerprint density at radius 3 is 2.24 bits per heavy atom. The average Bonchev–Trinajstić information content (AvgIpc) is 2.48. The first-order valence-electron chi connectivity index (χ1n) is 6.15. The minimum atomic E-state index is -4.05. The molecule has 0 radical (unpaired) electrons. The highest BCUT2D eigenvalue weighted by Crippen LogP contribution is 2.21. The minimum Gasteiger partial charge on any atom is -0.387 e. The second-order valence-electron chi connectivity index (χ2n) is 4.59. The van der Waals surface area contributed by atoms with Gasteiger partial charge in [-0.1, -0.05) is 18.2 Å². The van der Waals surface area contributed by atoms with Gasteiger partial charge in [-0.3, -0.25) is 4.18 Å². The van der Waals surface area contributed by atoms with Crippen molar-refractivity contribution in [1.82, 2.24) is 0 Å². The maximum atomic E-state index is 11.9. The maximum absolute atomic E-state index is 11.9. The summed E-state index contributed by atoms with van der Waals surface area (Å²) < 4.78 is 33.3. The van der Waals surface area contributed by atoms with Crippen LogP contribution in [0, 0.1) is 0 Å². The van der Waals surface area contributed by atoms with E-state index in [2.05, 4.69) is 0 Å². The lowest BCUT2D eigenvalue weighted by Gasteiger charge is -2.37. The second kappa shape index (κ2) is 6.36. The number of benzene rings is 1. The van der Waals surface area contributed by atoms with E-state index in [-0.39, 0.29) is 4.90 Å². The van der Waals surface area contributed by atoms with Crippen LogP contribution >= 0.6 is 0 Å². The molecule has 1 aromatic carbocycles. The second-order valence-corrected chi connectivity index (χ2v) is 6.20. The van der Waals surface area contributed by atoms with E-state index in [1.54, 1.807) is 6.07 Å². The largest absolute Gasteiger partial charge is 0.387 e. The molecule has 1 saturated heterocycles. The maximum Gasteiger partial charge on any atom is 0.297 e. The molecular weight excluding hydrogens is 304 g/mol. The Hall–Kier alpha value is -1.07. The van der Waals surface area contributed by atoms with E-state index in [4.69, 9.17) is 8.92 Å². The lowest BCUT2D eigenvalue weighted by atomic mass is 10.00. The molecule has 1 fully saturated rings. The predicted molar refractivity (Wildman–Crippen MR) is 68.5 cm³/mol. The van der Waals surface area contributed by atoms with Crippen LogP contribution in [0.15, 0.2) is 35.2 Å². The van der Waals surface area contributed by atoms with Gasteiger partial charge in [0.2, 0.25) is 0 Å². The van der Waals surface area contributed by atoms with Crippen LogP contribution < -0.4 is 0 Å². The molecule has 0 aromatic heterocycles. The Kier molecular flexibility index (Phi) is 4.94. The summed E-state index contributed by atoms with van der Waals surface area (Å²) >= 11 is 0. The summed E-state index contributed by atoms with van der Waals surface area (Å²) in [6, 6.07) is 7.35. The standard InChI is InChI=1S/C12H16O8S/c13-9-8(20-12(16)11(15)10(9)14)6-19-21(17,18)7-4-2-1-3-5-7/h1-5,8-16H,6H2. The van der Waals surface area contributed by atoms with Crippen LogP contribution in [0.1, 0.15) is 0 Å². The number of hydrogen-bond acceptors (Lipinski definition) is 8. The molecule has 1 aromatic rings. The van der Waals surface area contributed by atoms with Crippen LogP contribution in [0.3, 0.4) is 0 Å². The predicted octanol–water partition coefficient (Wildman–Crippen LogP) is -1.81. The first-order valence-corrected chi connectivity index (χ1v) is 7.56. The summed E-state index contributed by atoms with van der Waals surface area (Å²) in [6.45, 7) is -0.612. The van der Waals surface area contributed by atoms with Gasteiger partial charge >= 0.3 is 0 Å². The Bertz CT molecular complexity index is 560. The third-order valence-corrected chi connectivity index (χ3v) is 4.40. The molecule has 9 heteroatoms. The van der Waals surface area contributed by atoms with Gasteiger partial charge in [0, 0.05) is 0 Å². The van der Waals surface area contributed by atoms with Crippen LogP contribution in [0.25, 0.3) is 0 Å². The van der Waals surface area contributed by atoms with Crippen molar-refractivity contribution in [2.75, 3.05) is 6.61 Å². The van der Waals surface area contributed by atoms with E-state index in [0.29, 0.717) is 0 Å². The molecule has 1 aliphatic heterocycles. The third kappa shape index (κ3) is 3.58. The van der Waals surface area contributed by atoms with E-state index in [9.17, 15) is 28.8 Å². The SMILES string of the molecule is O=S(=O)(OCC1OC(O)C(O)C(O)C1O)c1ccccc1. The molecular formula is C12H16O8S. The van der Waals surface area contributed by atoms with Crippen molar-refractivity contribution in [2.45, 2.75) is 35.6 Å². The van der Waals surface area contributed by atoms with Crippen molar-refractivity contribution in [3.05, 3.63) is 30.3 Å². The highest BCUT2D eigenvalue weighted by atomic mass is 32.2. The summed E-state index contributed by atoms with van der Waals surface area (Å²) in [7, 11) is -4.05. The molecule has 5 unspecified atom stereocenters. The van der Waals surface area contributed by atoms with Crippen LogP contribution in [-0.2, 0) is 19.0 Å². The fourth-order valence-corrected chi connectivity index (χ4v) is 2.82. The Morgan fingerprint density at radius 1 is 1.00 bits per heavy atom. The molecule has 4 N–H and O–H groups in total. The van der Waals surface area contributed by atoms with Gasteiger partial charge in [-0.15, -0.1) is 0 Å². The monoisotopic (exact) mass is 320 g/mol. The van der Waals surface area contributed by atoms with Crippen molar-refractivity contribution in [3.8, 4) is 0 Å². The van der Waals surface area contributed by atoms with Crippen LogP contribution in [-0.4, -0.2) is 66.2 Å². The lowest BCUT2D eigenvalue weighted by molar-refractivity contribution is -0.285. The lowest BCUT2D eigenvalue weighted by Crippen LogP contribution is -2.58. The Labute approximate surface area is 121 Å². The first kappa shape index (κ1) is 16.3. The molecule has 21 heavy (non-hydrogen) atoms. The van der Waals surface area contributed by atoms with Gasteiger partial charge in [-0.25, -0.2) is 0 Å². The number of aliphatic hydroxyl groups is 4. The molecule has 2 rings (SSSR count). The molecule has 1 aliphatic rings. The number of rotatable bonds is 4. The summed E-state index contributed by atoms with van der Waals surface area (Å²) in [5, 5.41) is 37.8. The Balaban J connectivity index is 2.03. The van der Waals surface area contributed by atoms with Gasteiger partial charge in [-0.2, -0.15) is 8.42 Å². The normalized spacial score (nSPS) is 33.8. The zero-order chi connectivity index (χ0) is 15.6. The van der Waals surface area contributed by atoms with Crippen LogP contribution in [0.4, 0.5) is 0 Å². The van der Waals surface area contributed by atoms with Crippen molar-refractivity contribution in [2.24, 2.45) is 0 Å². The third-order valence-electron chi connectivity index (χ3n) is 3.11. The van der Waals surface area contributed by atoms with Crippen molar-refractivity contribution >= 4 is 10.1 Å². The molecule has 0 aliphatic carbocycles. The van der Waals surface area contributed by atoms with Gasteiger partial charge in [0.05, 0.1) is 11.5 Å².